The Morgan fingerprint density at radius 1 is 0.909 bits per heavy atom. The molecule has 0 spiro atoms. The van der Waals surface area contributed by atoms with E-state index in [0.717, 1.165) is 25.0 Å². The Hall–Kier alpha value is -2.16. The molecule has 0 fully saturated rings. The van der Waals surface area contributed by atoms with E-state index in [4.69, 9.17) is 15.2 Å². The van der Waals surface area contributed by atoms with Crippen LogP contribution >= 0.6 is 0 Å². The van der Waals surface area contributed by atoms with Crippen LogP contribution in [-0.4, -0.2) is 13.7 Å². The second kappa shape index (κ2) is 8.32. The Morgan fingerprint density at radius 2 is 1.68 bits per heavy atom. The third-order valence-corrected chi connectivity index (χ3v) is 3.68. The molecule has 2 N–H and O–H groups in total. The normalized spacial score (nSPS) is 10.5. The molecule has 2 rings (SSSR count). The first-order chi connectivity index (χ1) is 10.7. The van der Waals surface area contributed by atoms with Crippen molar-refractivity contribution in [2.45, 2.75) is 32.6 Å². The zero-order valence-electron chi connectivity index (χ0n) is 13.5. The topological polar surface area (TPSA) is 44.5 Å². The lowest BCUT2D eigenvalue weighted by molar-refractivity contribution is 0.285. The van der Waals surface area contributed by atoms with Crippen molar-refractivity contribution in [3.8, 4) is 11.5 Å². The van der Waals surface area contributed by atoms with E-state index in [1.165, 1.54) is 17.5 Å². The minimum absolute atomic E-state index is 0.683. The number of anilines is 1. The molecule has 0 amide bonds. The van der Waals surface area contributed by atoms with Crippen molar-refractivity contribution in [3.63, 3.8) is 0 Å². The number of nitrogens with two attached hydrogens (primary N) is 1. The van der Waals surface area contributed by atoms with Gasteiger partial charge in [0, 0.05) is 11.8 Å². The molecule has 0 aliphatic rings. The van der Waals surface area contributed by atoms with Crippen LogP contribution in [-0.2, 0) is 6.42 Å². The molecule has 2 aromatic rings. The maximum absolute atomic E-state index is 5.77. The van der Waals surface area contributed by atoms with E-state index >= 15 is 0 Å². The molecule has 118 valence electrons. The molecule has 0 radical (unpaired) electrons. The number of rotatable bonds is 8. The number of hydrogen-bond acceptors (Lipinski definition) is 3. The molecule has 0 saturated heterocycles. The highest BCUT2D eigenvalue weighted by molar-refractivity contribution is 5.51. The summed E-state index contributed by atoms with van der Waals surface area (Å²) in [4.78, 5) is 0. The van der Waals surface area contributed by atoms with Crippen LogP contribution in [0.25, 0.3) is 0 Å². The molecule has 0 aromatic heterocycles. The molecule has 0 atom stereocenters. The second-order valence-corrected chi connectivity index (χ2v) is 5.56. The highest BCUT2D eigenvalue weighted by atomic mass is 16.5. The van der Waals surface area contributed by atoms with Crippen molar-refractivity contribution < 1.29 is 9.47 Å². The SMILES string of the molecule is COc1cc(N)ccc1OCCCCCc1ccc(C)cc1. The molecule has 0 saturated carbocycles. The highest BCUT2D eigenvalue weighted by Gasteiger charge is 2.04. The van der Waals surface area contributed by atoms with Crippen LogP contribution in [0.4, 0.5) is 5.69 Å². The van der Waals surface area contributed by atoms with E-state index < -0.39 is 0 Å². The number of hydrogen-bond donors (Lipinski definition) is 1. The van der Waals surface area contributed by atoms with Crippen LogP contribution in [0.5, 0.6) is 11.5 Å². The summed E-state index contributed by atoms with van der Waals surface area (Å²) in [5.41, 5.74) is 9.13. The van der Waals surface area contributed by atoms with Gasteiger partial charge in [0.15, 0.2) is 11.5 Å². The van der Waals surface area contributed by atoms with Crippen molar-refractivity contribution in [1.29, 1.82) is 0 Å². The molecule has 3 nitrogen and oxygen atoms in total. The van der Waals surface area contributed by atoms with Gasteiger partial charge in [-0.05, 0) is 50.3 Å². The van der Waals surface area contributed by atoms with Gasteiger partial charge in [-0.15, -0.1) is 0 Å². The lowest BCUT2D eigenvalue weighted by Gasteiger charge is -2.11. The third kappa shape index (κ3) is 4.99. The monoisotopic (exact) mass is 299 g/mol. The highest BCUT2D eigenvalue weighted by Crippen LogP contribution is 2.29. The standard InChI is InChI=1S/C19H25NO2/c1-15-7-9-16(10-8-15)6-4-3-5-13-22-18-12-11-17(20)14-19(18)21-2/h7-12,14H,3-6,13,20H2,1-2H3. The summed E-state index contributed by atoms with van der Waals surface area (Å²) in [7, 11) is 1.63. The predicted molar refractivity (Wildman–Crippen MR) is 91.6 cm³/mol. The number of aryl methyl sites for hydroxylation is 2. The van der Waals surface area contributed by atoms with Crippen molar-refractivity contribution in [2.75, 3.05) is 19.5 Å². The lowest BCUT2D eigenvalue weighted by Crippen LogP contribution is -2.00. The van der Waals surface area contributed by atoms with Gasteiger partial charge < -0.3 is 15.2 Å². The molecule has 22 heavy (non-hydrogen) atoms. The van der Waals surface area contributed by atoms with E-state index in [9.17, 15) is 0 Å². The summed E-state index contributed by atoms with van der Waals surface area (Å²) in [6, 6.07) is 14.2. The van der Waals surface area contributed by atoms with Gasteiger partial charge in [-0.3, -0.25) is 0 Å². The first kappa shape index (κ1) is 16.2. The Morgan fingerprint density at radius 3 is 2.41 bits per heavy atom. The van der Waals surface area contributed by atoms with Gasteiger partial charge in [0.2, 0.25) is 0 Å². The number of methoxy groups -OCH3 is 1. The largest absolute Gasteiger partial charge is 0.493 e. The van der Waals surface area contributed by atoms with Crippen LogP contribution in [0, 0.1) is 6.92 Å². The molecule has 0 heterocycles. The van der Waals surface area contributed by atoms with Crippen LogP contribution in [0.1, 0.15) is 30.4 Å². The van der Waals surface area contributed by atoms with Gasteiger partial charge in [-0.2, -0.15) is 0 Å². The summed E-state index contributed by atoms with van der Waals surface area (Å²) >= 11 is 0. The smallest absolute Gasteiger partial charge is 0.162 e. The van der Waals surface area contributed by atoms with E-state index in [1.54, 1.807) is 13.2 Å². The minimum Gasteiger partial charge on any atom is -0.493 e. The van der Waals surface area contributed by atoms with Crippen molar-refractivity contribution in [3.05, 3.63) is 53.6 Å². The van der Waals surface area contributed by atoms with Crippen molar-refractivity contribution in [1.82, 2.24) is 0 Å². The Kier molecular flexibility index (Phi) is 6.13. The molecule has 0 bridgehead atoms. The van der Waals surface area contributed by atoms with Crippen LogP contribution in [0.3, 0.4) is 0 Å². The Labute approximate surface area is 133 Å². The number of ether oxygens (including phenoxy) is 2. The number of nitrogen functional groups attached to an aromatic ring is 1. The summed E-state index contributed by atoms with van der Waals surface area (Å²) in [5, 5.41) is 0. The molecular weight excluding hydrogens is 274 g/mol. The van der Waals surface area contributed by atoms with Gasteiger partial charge in [0.05, 0.1) is 13.7 Å². The zero-order chi connectivity index (χ0) is 15.8. The summed E-state index contributed by atoms with van der Waals surface area (Å²) in [6.45, 7) is 2.82. The minimum atomic E-state index is 0.683. The van der Waals surface area contributed by atoms with Crippen molar-refractivity contribution >= 4 is 5.69 Å². The first-order valence-electron chi connectivity index (χ1n) is 7.81. The Bertz CT molecular complexity index is 578. The van der Waals surface area contributed by atoms with Gasteiger partial charge in [0.1, 0.15) is 0 Å². The number of benzene rings is 2. The summed E-state index contributed by atoms with van der Waals surface area (Å²) in [5.74, 6) is 1.45. The maximum Gasteiger partial charge on any atom is 0.162 e. The van der Waals surface area contributed by atoms with Gasteiger partial charge in [-0.25, -0.2) is 0 Å². The number of unbranched alkanes of at least 4 members (excludes halogenated alkanes) is 2. The molecular formula is C19H25NO2. The molecule has 0 aliphatic heterocycles. The fraction of sp³-hybridized carbons (Fsp3) is 0.368. The molecule has 3 heteroatoms. The quantitative estimate of drug-likeness (QED) is 0.581. The summed E-state index contributed by atoms with van der Waals surface area (Å²) in [6.07, 6.45) is 4.52. The van der Waals surface area contributed by atoms with E-state index in [0.29, 0.717) is 18.0 Å². The molecule has 2 aromatic carbocycles. The average molecular weight is 299 g/mol. The summed E-state index contributed by atoms with van der Waals surface area (Å²) < 4.78 is 11.0. The van der Waals surface area contributed by atoms with E-state index in [-0.39, 0.29) is 0 Å². The average Bonchev–Trinajstić information content (AvgIpc) is 2.53. The van der Waals surface area contributed by atoms with Gasteiger partial charge in [0.25, 0.3) is 0 Å². The Balaban J connectivity index is 1.66. The van der Waals surface area contributed by atoms with Crippen LogP contribution < -0.4 is 15.2 Å². The van der Waals surface area contributed by atoms with Crippen molar-refractivity contribution in [2.24, 2.45) is 0 Å². The molecule has 0 unspecified atom stereocenters. The zero-order valence-corrected chi connectivity index (χ0v) is 13.5. The van der Waals surface area contributed by atoms with Gasteiger partial charge in [-0.1, -0.05) is 29.8 Å². The lowest BCUT2D eigenvalue weighted by atomic mass is 10.1. The second-order valence-electron chi connectivity index (χ2n) is 5.56. The third-order valence-electron chi connectivity index (χ3n) is 3.68. The van der Waals surface area contributed by atoms with E-state index in [2.05, 4.69) is 31.2 Å². The first-order valence-corrected chi connectivity index (χ1v) is 7.81. The fourth-order valence-corrected chi connectivity index (χ4v) is 2.35. The predicted octanol–water partition coefficient (Wildman–Crippen LogP) is 4.38. The van der Waals surface area contributed by atoms with E-state index in [1.807, 2.05) is 12.1 Å². The maximum atomic E-state index is 5.77. The molecule has 0 aliphatic carbocycles. The van der Waals surface area contributed by atoms with Crippen LogP contribution in [0.15, 0.2) is 42.5 Å². The van der Waals surface area contributed by atoms with Crippen LogP contribution in [0.2, 0.25) is 0 Å². The van der Waals surface area contributed by atoms with Gasteiger partial charge >= 0.3 is 0 Å². The fourth-order valence-electron chi connectivity index (χ4n) is 2.35.